The molecule has 0 amide bonds. The van der Waals surface area contributed by atoms with Crippen LogP contribution in [0.1, 0.15) is 69.1 Å². The fourth-order valence-corrected chi connectivity index (χ4v) is 4.09. The molecule has 0 bridgehead atoms. The van der Waals surface area contributed by atoms with Crippen LogP contribution in [0.4, 0.5) is 0 Å². The number of aromatic nitrogens is 2. The van der Waals surface area contributed by atoms with Gasteiger partial charge < -0.3 is 4.52 Å². The molecule has 0 radical (unpaired) electrons. The number of hydrogen-bond acceptors (Lipinski definition) is 4. The predicted octanol–water partition coefficient (Wildman–Crippen LogP) is 4.53. The lowest BCUT2D eigenvalue weighted by Crippen LogP contribution is -2.41. The highest BCUT2D eigenvalue weighted by Gasteiger charge is 2.39. The maximum absolute atomic E-state index is 5.56. The molecule has 2 aromatic rings. The van der Waals surface area contributed by atoms with Crippen LogP contribution in [0, 0.1) is 5.41 Å². The van der Waals surface area contributed by atoms with Gasteiger partial charge in [-0.05, 0) is 36.7 Å². The summed E-state index contributed by atoms with van der Waals surface area (Å²) in [7, 11) is 0. The number of benzene rings is 1. The highest BCUT2D eigenvalue weighted by molar-refractivity contribution is 5.15. The normalized spacial score (nSPS) is 23.0. The van der Waals surface area contributed by atoms with Crippen molar-refractivity contribution in [2.75, 3.05) is 0 Å². The van der Waals surface area contributed by atoms with E-state index in [1.165, 1.54) is 37.7 Å². The maximum Gasteiger partial charge on any atom is 0.240 e. The average molecular weight is 325 g/mol. The second kappa shape index (κ2) is 6.32. The van der Waals surface area contributed by atoms with E-state index in [1.54, 1.807) is 0 Å². The molecular formula is C20H27N3O. The molecule has 1 atom stereocenters. The summed E-state index contributed by atoms with van der Waals surface area (Å²) in [4.78, 5) is 7.20. The Kier molecular flexibility index (Phi) is 4.17. The van der Waals surface area contributed by atoms with Crippen molar-refractivity contribution in [1.82, 2.24) is 15.0 Å². The standard InChI is InChI=1S/C20H27N3O/c1-20(2)12-6-9-17(20)23(13-15-7-4-3-5-8-15)14-18-21-19(22-24-18)16-10-11-16/h3-5,7-8,16-17H,6,9-14H2,1-2H3/t17-/m0/s1. The van der Waals surface area contributed by atoms with Crippen molar-refractivity contribution in [2.24, 2.45) is 5.41 Å². The lowest BCUT2D eigenvalue weighted by atomic mass is 9.86. The Hall–Kier alpha value is -1.68. The number of hydrogen-bond donors (Lipinski definition) is 0. The minimum Gasteiger partial charge on any atom is -0.338 e. The van der Waals surface area contributed by atoms with Crippen molar-refractivity contribution in [3.8, 4) is 0 Å². The number of rotatable bonds is 6. The van der Waals surface area contributed by atoms with Crippen molar-refractivity contribution >= 4 is 0 Å². The first-order chi connectivity index (χ1) is 11.6. The van der Waals surface area contributed by atoms with Gasteiger partial charge in [0.25, 0.3) is 0 Å². The van der Waals surface area contributed by atoms with Crippen LogP contribution in [0.3, 0.4) is 0 Å². The van der Waals surface area contributed by atoms with Crippen LogP contribution in [-0.2, 0) is 13.1 Å². The van der Waals surface area contributed by atoms with Gasteiger partial charge in [-0.3, -0.25) is 4.90 Å². The van der Waals surface area contributed by atoms with Gasteiger partial charge in [-0.25, -0.2) is 0 Å². The second-order valence-corrected chi connectivity index (χ2v) is 8.11. The highest BCUT2D eigenvalue weighted by Crippen LogP contribution is 2.42. The van der Waals surface area contributed by atoms with Gasteiger partial charge >= 0.3 is 0 Å². The Morgan fingerprint density at radius 2 is 1.92 bits per heavy atom. The zero-order valence-corrected chi connectivity index (χ0v) is 14.7. The SMILES string of the molecule is CC1(C)CCC[C@@H]1N(Cc1ccccc1)Cc1nc(C2CC2)no1. The molecule has 0 saturated heterocycles. The van der Waals surface area contributed by atoms with Gasteiger partial charge in [0, 0.05) is 18.5 Å². The minimum absolute atomic E-state index is 0.341. The van der Waals surface area contributed by atoms with Crippen LogP contribution < -0.4 is 0 Å². The average Bonchev–Trinajstić information content (AvgIpc) is 3.21. The predicted molar refractivity (Wildman–Crippen MR) is 93.4 cm³/mol. The van der Waals surface area contributed by atoms with Crippen LogP contribution in [0.2, 0.25) is 0 Å². The first-order valence-electron chi connectivity index (χ1n) is 9.22. The summed E-state index contributed by atoms with van der Waals surface area (Å²) in [6, 6.07) is 11.3. The first-order valence-corrected chi connectivity index (χ1v) is 9.22. The third-order valence-electron chi connectivity index (χ3n) is 5.63. The van der Waals surface area contributed by atoms with Crippen LogP contribution in [0.25, 0.3) is 0 Å². The van der Waals surface area contributed by atoms with Gasteiger partial charge in [0.1, 0.15) is 0 Å². The van der Waals surface area contributed by atoms with Gasteiger partial charge in [0.15, 0.2) is 5.82 Å². The molecule has 4 nitrogen and oxygen atoms in total. The molecule has 4 rings (SSSR count). The molecule has 4 heteroatoms. The molecule has 1 aromatic carbocycles. The Balaban J connectivity index is 1.54. The lowest BCUT2D eigenvalue weighted by molar-refractivity contribution is 0.0864. The molecule has 1 heterocycles. The van der Waals surface area contributed by atoms with E-state index in [4.69, 9.17) is 4.52 Å². The summed E-state index contributed by atoms with van der Waals surface area (Å²) in [5, 5.41) is 4.19. The summed E-state index contributed by atoms with van der Waals surface area (Å²) in [5.74, 6) is 2.24. The topological polar surface area (TPSA) is 42.2 Å². The molecule has 2 saturated carbocycles. The molecule has 2 fully saturated rings. The Labute approximate surface area is 144 Å². The van der Waals surface area contributed by atoms with E-state index in [2.05, 4.69) is 59.2 Å². The van der Waals surface area contributed by atoms with Gasteiger partial charge in [-0.15, -0.1) is 0 Å². The van der Waals surface area contributed by atoms with E-state index < -0.39 is 0 Å². The summed E-state index contributed by atoms with van der Waals surface area (Å²) in [5.41, 5.74) is 1.69. The Morgan fingerprint density at radius 3 is 2.58 bits per heavy atom. The Morgan fingerprint density at radius 1 is 1.12 bits per heavy atom. The summed E-state index contributed by atoms with van der Waals surface area (Å²) >= 11 is 0. The quantitative estimate of drug-likeness (QED) is 0.782. The van der Waals surface area contributed by atoms with Crippen molar-refractivity contribution in [1.29, 1.82) is 0 Å². The van der Waals surface area contributed by atoms with Gasteiger partial charge in [-0.2, -0.15) is 4.98 Å². The molecule has 0 aliphatic heterocycles. The molecule has 0 unspecified atom stereocenters. The van der Waals surface area contributed by atoms with Crippen molar-refractivity contribution in [3.63, 3.8) is 0 Å². The molecule has 128 valence electrons. The number of nitrogens with zero attached hydrogens (tertiary/aromatic N) is 3. The zero-order chi connectivity index (χ0) is 16.6. The lowest BCUT2D eigenvalue weighted by Gasteiger charge is -2.37. The molecule has 1 aromatic heterocycles. The van der Waals surface area contributed by atoms with Gasteiger partial charge in [0.05, 0.1) is 6.54 Å². The van der Waals surface area contributed by atoms with Crippen molar-refractivity contribution < 1.29 is 4.52 Å². The Bertz CT molecular complexity index is 675. The van der Waals surface area contributed by atoms with Crippen molar-refractivity contribution in [2.45, 2.75) is 71.0 Å². The molecular weight excluding hydrogens is 298 g/mol. The third-order valence-corrected chi connectivity index (χ3v) is 5.63. The molecule has 0 N–H and O–H groups in total. The summed E-state index contributed by atoms with van der Waals surface area (Å²) in [6.07, 6.45) is 6.27. The van der Waals surface area contributed by atoms with E-state index in [0.29, 0.717) is 17.4 Å². The van der Waals surface area contributed by atoms with E-state index in [0.717, 1.165) is 24.8 Å². The fraction of sp³-hybridized carbons (Fsp3) is 0.600. The molecule has 2 aliphatic carbocycles. The molecule has 24 heavy (non-hydrogen) atoms. The summed E-state index contributed by atoms with van der Waals surface area (Å²) in [6.45, 7) is 6.48. The molecule has 0 spiro atoms. The van der Waals surface area contributed by atoms with E-state index in [9.17, 15) is 0 Å². The largest absolute Gasteiger partial charge is 0.338 e. The van der Waals surface area contributed by atoms with E-state index in [-0.39, 0.29) is 0 Å². The van der Waals surface area contributed by atoms with Gasteiger partial charge in [-0.1, -0.05) is 55.8 Å². The third kappa shape index (κ3) is 3.39. The summed E-state index contributed by atoms with van der Waals surface area (Å²) < 4.78 is 5.56. The van der Waals surface area contributed by atoms with Gasteiger partial charge in [0.2, 0.25) is 5.89 Å². The van der Waals surface area contributed by atoms with E-state index >= 15 is 0 Å². The van der Waals surface area contributed by atoms with Crippen LogP contribution in [-0.4, -0.2) is 21.1 Å². The van der Waals surface area contributed by atoms with Crippen LogP contribution >= 0.6 is 0 Å². The van der Waals surface area contributed by atoms with Crippen LogP contribution in [0.15, 0.2) is 34.9 Å². The second-order valence-electron chi connectivity index (χ2n) is 8.11. The van der Waals surface area contributed by atoms with Crippen LogP contribution in [0.5, 0.6) is 0 Å². The monoisotopic (exact) mass is 325 g/mol. The van der Waals surface area contributed by atoms with Crippen molar-refractivity contribution in [3.05, 3.63) is 47.6 Å². The minimum atomic E-state index is 0.341. The van der Waals surface area contributed by atoms with E-state index in [1.807, 2.05) is 0 Å². The zero-order valence-electron chi connectivity index (χ0n) is 14.7. The smallest absolute Gasteiger partial charge is 0.240 e. The first kappa shape index (κ1) is 15.8. The highest BCUT2D eigenvalue weighted by atomic mass is 16.5. The fourth-order valence-electron chi connectivity index (χ4n) is 4.09. The molecule has 2 aliphatic rings. The maximum atomic E-state index is 5.56.